The number of fused-ring (bicyclic) bond motifs is 1. The Bertz CT molecular complexity index is 1220. The van der Waals surface area contributed by atoms with Crippen LogP contribution in [-0.4, -0.2) is 42.8 Å². The zero-order valence-corrected chi connectivity index (χ0v) is 19.6. The molecule has 6 nitrogen and oxygen atoms in total. The van der Waals surface area contributed by atoms with Crippen LogP contribution < -0.4 is 5.32 Å². The maximum Gasteiger partial charge on any atom is 0.243 e. The van der Waals surface area contributed by atoms with Crippen LogP contribution in [-0.2, 0) is 27.8 Å². The molecule has 1 atom stereocenters. The van der Waals surface area contributed by atoms with E-state index in [-0.39, 0.29) is 18.4 Å². The molecule has 170 valence electrons. The lowest BCUT2D eigenvalue weighted by Gasteiger charge is -2.31. The maximum absolute atomic E-state index is 13.3. The van der Waals surface area contributed by atoms with Crippen LogP contribution >= 0.6 is 0 Å². The lowest BCUT2D eigenvalue weighted by atomic mass is 9.98. The third-order valence-electron chi connectivity index (χ3n) is 6.43. The zero-order chi connectivity index (χ0) is 22.7. The molecule has 32 heavy (non-hydrogen) atoms. The minimum absolute atomic E-state index is 0.0611. The Hall–Kier alpha value is -2.64. The standard InChI is InChI=1S/C25H31N3O3S/c1-3-27-16-13-21-17-23(10-11-24(21)27)32(30,31)28-15-6-9-22(18-28)25(29)26-14-12-20-8-5-4-7-19(20)2/h4-5,7-8,10-11,13,16-17,22H,3,6,9,12,14-15,18H2,1-2H3,(H,26,29)/t22-/m0/s1. The van der Waals surface area contributed by atoms with E-state index in [0.29, 0.717) is 30.8 Å². The van der Waals surface area contributed by atoms with E-state index in [9.17, 15) is 13.2 Å². The summed E-state index contributed by atoms with van der Waals surface area (Å²) in [7, 11) is -3.64. The number of amides is 1. The molecule has 1 aliphatic heterocycles. The van der Waals surface area contributed by atoms with Gasteiger partial charge in [-0.2, -0.15) is 4.31 Å². The number of nitrogens with one attached hydrogen (secondary N) is 1. The average Bonchev–Trinajstić information content (AvgIpc) is 3.23. The summed E-state index contributed by atoms with van der Waals surface area (Å²) in [5.41, 5.74) is 3.45. The second kappa shape index (κ2) is 9.46. The second-order valence-electron chi connectivity index (χ2n) is 8.49. The molecule has 1 saturated heterocycles. The Kier molecular flexibility index (Phi) is 6.67. The Morgan fingerprint density at radius 1 is 1.16 bits per heavy atom. The number of carbonyl (C=O) groups excluding carboxylic acids is 1. The van der Waals surface area contributed by atoms with Crippen molar-refractivity contribution in [2.75, 3.05) is 19.6 Å². The fraction of sp³-hybridized carbons (Fsp3) is 0.400. The highest BCUT2D eigenvalue weighted by molar-refractivity contribution is 7.89. The van der Waals surface area contributed by atoms with Gasteiger partial charge in [0.2, 0.25) is 15.9 Å². The molecular formula is C25H31N3O3S. The van der Waals surface area contributed by atoms with E-state index in [0.717, 1.165) is 23.9 Å². The molecule has 3 aromatic rings. The first-order valence-electron chi connectivity index (χ1n) is 11.3. The van der Waals surface area contributed by atoms with Gasteiger partial charge in [-0.05, 0) is 68.5 Å². The predicted molar refractivity (Wildman–Crippen MR) is 127 cm³/mol. The Morgan fingerprint density at radius 2 is 1.97 bits per heavy atom. The average molecular weight is 454 g/mol. The first-order valence-corrected chi connectivity index (χ1v) is 12.8. The van der Waals surface area contributed by atoms with Crippen molar-refractivity contribution >= 4 is 26.8 Å². The van der Waals surface area contributed by atoms with Crippen molar-refractivity contribution < 1.29 is 13.2 Å². The van der Waals surface area contributed by atoms with Crippen molar-refractivity contribution in [2.45, 2.75) is 44.6 Å². The maximum atomic E-state index is 13.3. The van der Waals surface area contributed by atoms with Gasteiger partial charge in [0.15, 0.2) is 0 Å². The predicted octanol–water partition coefficient (Wildman–Crippen LogP) is 3.73. The first-order chi connectivity index (χ1) is 15.4. The summed E-state index contributed by atoms with van der Waals surface area (Å²) < 4.78 is 30.2. The number of carbonyl (C=O) groups is 1. The quantitative estimate of drug-likeness (QED) is 0.593. The number of sulfonamides is 1. The lowest BCUT2D eigenvalue weighted by Crippen LogP contribution is -2.45. The summed E-state index contributed by atoms with van der Waals surface area (Å²) in [6, 6.07) is 15.4. The molecule has 0 bridgehead atoms. The number of benzene rings is 2. The van der Waals surface area contributed by atoms with Crippen LogP contribution in [0.25, 0.3) is 10.9 Å². The van der Waals surface area contributed by atoms with Gasteiger partial charge in [-0.15, -0.1) is 0 Å². The largest absolute Gasteiger partial charge is 0.355 e. The van der Waals surface area contributed by atoms with Crippen LogP contribution in [0, 0.1) is 12.8 Å². The van der Waals surface area contributed by atoms with Crippen LogP contribution in [0.1, 0.15) is 30.9 Å². The van der Waals surface area contributed by atoms with Crippen LogP contribution in [0.4, 0.5) is 0 Å². The molecule has 1 N–H and O–H groups in total. The summed E-state index contributed by atoms with van der Waals surface area (Å²) >= 11 is 0. The second-order valence-corrected chi connectivity index (χ2v) is 10.4. The van der Waals surface area contributed by atoms with E-state index in [1.54, 1.807) is 12.1 Å². The molecule has 0 saturated carbocycles. The molecule has 0 aliphatic carbocycles. The van der Waals surface area contributed by atoms with Crippen molar-refractivity contribution in [3.63, 3.8) is 0 Å². The highest BCUT2D eigenvalue weighted by atomic mass is 32.2. The van der Waals surface area contributed by atoms with Crippen LogP contribution in [0.3, 0.4) is 0 Å². The molecule has 1 fully saturated rings. The van der Waals surface area contributed by atoms with Crippen LogP contribution in [0.15, 0.2) is 59.6 Å². The summed E-state index contributed by atoms with van der Waals surface area (Å²) in [5, 5.41) is 3.92. The molecule has 4 rings (SSSR count). The smallest absolute Gasteiger partial charge is 0.243 e. The number of nitrogens with zero attached hydrogens (tertiary/aromatic N) is 2. The SMILES string of the molecule is CCn1ccc2cc(S(=O)(=O)N3CCC[C@H](C(=O)NCCc4ccccc4C)C3)ccc21. The minimum atomic E-state index is -3.64. The van der Waals surface area contributed by atoms with Gasteiger partial charge < -0.3 is 9.88 Å². The summed E-state index contributed by atoms with van der Waals surface area (Å²) in [4.78, 5) is 13.0. The normalized spacial score (nSPS) is 17.5. The summed E-state index contributed by atoms with van der Waals surface area (Å²) in [6.45, 7) is 6.19. The van der Waals surface area contributed by atoms with Gasteiger partial charge in [0.25, 0.3) is 0 Å². The van der Waals surface area contributed by atoms with Gasteiger partial charge >= 0.3 is 0 Å². The molecule has 2 heterocycles. The van der Waals surface area contributed by atoms with E-state index in [2.05, 4.69) is 35.9 Å². The number of aryl methyl sites for hydroxylation is 2. The van der Waals surface area contributed by atoms with E-state index in [1.807, 2.05) is 30.5 Å². The molecule has 0 unspecified atom stereocenters. The van der Waals surface area contributed by atoms with Crippen molar-refractivity contribution in [2.24, 2.45) is 5.92 Å². The van der Waals surface area contributed by atoms with Crippen molar-refractivity contribution in [3.05, 3.63) is 65.9 Å². The first kappa shape index (κ1) is 22.6. The highest BCUT2D eigenvalue weighted by Gasteiger charge is 2.33. The summed E-state index contributed by atoms with van der Waals surface area (Å²) in [5.74, 6) is -0.380. The van der Waals surface area contributed by atoms with E-state index in [1.165, 1.54) is 15.4 Å². The Balaban J connectivity index is 1.41. The monoisotopic (exact) mass is 453 g/mol. The third-order valence-corrected chi connectivity index (χ3v) is 8.29. The topological polar surface area (TPSA) is 71.4 Å². The Morgan fingerprint density at radius 3 is 2.75 bits per heavy atom. The molecule has 2 aromatic carbocycles. The van der Waals surface area contributed by atoms with Crippen LogP contribution in [0.5, 0.6) is 0 Å². The fourth-order valence-electron chi connectivity index (χ4n) is 4.49. The zero-order valence-electron chi connectivity index (χ0n) is 18.8. The van der Waals surface area contributed by atoms with E-state index in [4.69, 9.17) is 0 Å². The molecule has 0 radical (unpaired) electrons. The number of hydrogen-bond donors (Lipinski definition) is 1. The van der Waals surface area contributed by atoms with Gasteiger partial charge in [0.1, 0.15) is 0 Å². The van der Waals surface area contributed by atoms with E-state index < -0.39 is 10.0 Å². The van der Waals surface area contributed by atoms with Gasteiger partial charge in [0.05, 0.1) is 10.8 Å². The fourth-order valence-corrected chi connectivity index (χ4v) is 6.05. The van der Waals surface area contributed by atoms with Crippen LogP contribution in [0.2, 0.25) is 0 Å². The molecule has 0 spiro atoms. The molecular weight excluding hydrogens is 422 g/mol. The molecule has 7 heteroatoms. The molecule has 1 aromatic heterocycles. The minimum Gasteiger partial charge on any atom is -0.355 e. The number of rotatable bonds is 7. The van der Waals surface area contributed by atoms with Gasteiger partial charge in [-0.3, -0.25) is 4.79 Å². The van der Waals surface area contributed by atoms with Crippen molar-refractivity contribution in [1.29, 1.82) is 0 Å². The molecule has 1 amide bonds. The van der Waals surface area contributed by atoms with Gasteiger partial charge in [-0.1, -0.05) is 24.3 Å². The Labute approximate surface area is 190 Å². The van der Waals surface area contributed by atoms with Crippen molar-refractivity contribution in [3.8, 4) is 0 Å². The highest BCUT2D eigenvalue weighted by Crippen LogP contribution is 2.27. The third kappa shape index (κ3) is 4.59. The number of piperidine rings is 1. The van der Waals surface area contributed by atoms with Crippen molar-refractivity contribution in [1.82, 2.24) is 14.2 Å². The summed E-state index contributed by atoms with van der Waals surface area (Å²) in [6.07, 6.45) is 4.13. The number of aromatic nitrogens is 1. The van der Waals surface area contributed by atoms with Gasteiger partial charge in [-0.25, -0.2) is 8.42 Å². The molecule has 1 aliphatic rings. The van der Waals surface area contributed by atoms with E-state index >= 15 is 0 Å². The number of hydrogen-bond acceptors (Lipinski definition) is 3. The lowest BCUT2D eigenvalue weighted by molar-refractivity contribution is -0.126. The van der Waals surface area contributed by atoms with Gasteiger partial charge in [0, 0.05) is 43.3 Å².